The third-order valence-electron chi connectivity index (χ3n) is 6.57. The summed E-state index contributed by atoms with van der Waals surface area (Å²) < 4.78 is 1.11. The lowest BCUT2D eigenvalue weighted by atomic mass is 9.73. The molecule has 0 radical (unpaired) electrons. The second kappa shape index (κ2) is 8.74. The molecule has 1 aliphatic carbocycles. The number of nitrogens with one attached hydrogen (secondary N) is 2. The second-order valence-electron chi connectivity index (χ2n) is 8.26. The number of H-pyrrole nitrogens is 1. The first kappa shape index (κ1) is 21.4. The minimum atomic E-state index is 0.355. The van der Waals surface area contributed by atoms with Crippen LogP contribution in [0.5, 0.6) is 0 Å². The average molecular weight is 498 g/mol. The van der Waals surface area contributed by atoms with E-state index in [1.807, 2.05) is 6.07 Å². The average Bonchev–Trinajstić information content (AvgIpc) is 2.99. The molecule has 1 unspecified atom stereocenters. The summed E-state index contributed by atoms with van der Waals surface area (Å²) in [6.07, 6.45) is 3.32. The Labute approximate surface area is 192 Å². The van der Waals surface area contributed by atoms with E-state index in [9.17, 15) is 0 Å². The SMILES string of the molecule is CCCN1C[C@@H](NC(=S)N(CC)CC)CC2c3cc(Cl)cc4[nH]c(Br)c(c34)C[C@H]21. The number of halogens is 2. The molecule has 1 aromatic heterocycles. The zero-order chi connectivity index (χ0) is 20.7. The number of thiocarbonyl (C=S) groups is 1. The molecule has 3 atom stereocenters. The number of hydrogen-bond acceptors (Lipinski definition) is 2. The van der Waals surface area contributed by atoms with E-state index in [4.69, 9.17) is 23.8 Å². The zero-order valence-corrected chi connectivity index (χ0v) is 20.6. The number of likely N-dealkylation sites (tertiary alicyclic amines) is 1. The van der Waals surface area contributed by atoms with Crippen molar-refractivity contribution >= 4 is 55.8 Å². The number of fused-ring (bicyclic) bond motifs is 2. The molecule has 29 heavy (non-hydrogen) atoms. The smallest absolute Gasteiger partial charge is 0.169 e. The van der Waals surface area contributed by atoms with Gasteiger partial charge in [0.15, 0.2) is 5.11 Å². The van der Waals surface area contributed by atoms with Crippen molar-refractivity contribution in [1.82, 2.24) is 20.1 Å². The molecule has 7 heteroatoms. The summed E-state index contributed by atoms with van der Waals surface area (Å²) in [6, 6.07) is 5.11. The predicted octanol–water partition coefficient (Wildman–Crippen LogP) is 5.29. The summed E-state index contributed by atoms with van der Waals surface area (Å²) in [5, 5.41) is 6.74. The van der Waals surface area contributed by atoms with Crippen molar-refractivity contribution in [2.75, 3.05) is 26.2 Å². The third kappa shape index (κ3) is 3.93. The number of aromatic amines is 1. The number of benzene rings is 1. The van der Waals surface area contributed by atoms with Gasteiger partial charge in [0.25, 0.3) is 0 Å². The van der Waals surface area contributed by atoms with Gasteiger partial charge in [-0.15, -0.1) is 0 Å². The Kier molecular flexibility index (Phi) is 6.45. The van der Waals surface area contributed by atoms with Crippen molar-refractivity contribution in [3.8, 4) is 0 Å². The Morgan fingerprint density at radius 1 is 1.34 bits per heavy atom. The minimum absolute atomic E-state index is 0.355. The highest BCUT2D eigenvalue weighted by Gasteiger charge is 2.41. The van der Waals surface area contributed by atoms with E-state index in [0.717, 1.165) is 65.7 Å². The first-order valence-corrected chi connectivity index (χ1v) is 12.3. The standard InChI is InChI=1S/C22H30BrClN4S/c1-4-7-28-12-14(25-22(29)27(5-2)6-3)10-15-16-8-13(24)9-18-20(16)17(11-19(15)28)21(23)26-18/h8-9,14-15,19,26H,4-7,10-12H2,1-3H3,(H,25,29)/t14-,15?,19+/m0/s1. The summed E-state index contributed by atoms with van der Waals surface area (Å²) in [5.74, 6) is 0.462. The van der Waals surface area contributed by atoms with Gasteiger partial charge in [-0.05, 0) is 91.1 Å². The normalized spacial score (nSPS) is 23.8. The quantitative estimate of drug-likeness (QED) is 0.550. The molecule has 158 valence electrons. The van der Waals surface area contributed by atoms with Gasteiger partial charge in [-0.1, -0.05) is 18.5 Å². The molecule has 1 aliphatic heterocycles. The fraction of sp³-hybridized carbons (Fsp3) is 0.591. The first-order chi connectivity index (χ1) is 14.0. The van der Waals surface area contributed by atoms with Crippen molar-refractivity contribution in [3.05, 3.63) is 32.9 Å². The largest absolute Gasteiger partial charge is 0.359 e. The maximum atomic E-state index is 6.52. The highest BCUT2D eigenvalue weighted by atomic mass is 79.9. The van der Waals surface area contributed by atoms with Gasteiger partial charge in [0.2, 0.25) is 0 Å². The van der Waals surface area contributed by atoms with Crippen LogP contribution >= 0.6 is 39.7 Å². The van der Waals surface area contributed by atoms with Crippen LogP contribution in [0, 0.1) is 0 Å². The van der Waals surface area contributed by atoms with Crippen LogP contribution in [-0.2, 0) is 6.42 Å². The van der Waals surface area contributed by atoms with Gasteiger partial charge >= 0.3 is 0 Å². The summed E-state index contributed by atoms with van der Waals surface area (Å²) >= 11 is 16.0. The van der Waals surface area contributed by atoms with Crippen LogP contribution < -0.4 is 5.32 Å². The fourth-order valence-electron chi connectivity index (χ4n) is 5.30. The van der Waals surface area contributed by atoms with Gasteiger partial charge in [0.05, 0.1) is 4.60 Å². The summed E-state index contributed by atoms with van der Waals surface area (Å²) in [7, 11) is 0. The molecule has 2 N–H and O–H groups in total. The number of piperidine rings is 1. The topological polar surface area (TPSA) is 34.3 Å². The molecule has 4 nitrogen and oxygen atoms in total. The molecule has 1 fully saturated rings. The first-order valence-electron chi connectivity index (χ1n) is 10.8. The van der Waals surface area contributed by atoms with Gasteiger partial charge < -0.3 is 15.2 Å². The Morgan fingerprint density at radius 2 is 2.10 bits per heavy atom. The van der Waals surface area contributed by atoms with Crippen LogP contribution in [0.3, 0.4) is 0 Å². The highest BCUT2D eigenvalue weighted by molar-refractivity contribution is 9.10. The lowest BCUT2D eigenvalue weighted by Gasteiger charge is -2.48. The third-order valence-corrected chi connectivity index (χ3v) is 7.84. The van der Waals surface area contributed by atoms with Crippen LogP contribution in [0.2, 0.25) is 5.02 Å². The maximum Gasteiger partial charge on any atom is 0.169 e. The predicted molar refractivity (Wildman–Crippen MR) is 130 cm³/mol. The van der Waals surface area contributed by atoms with E-state index in [0.29, 0.717) is 18.0 Å². The summed E-state index contributed by atoms with van der Waals surface area (Å²) in [6.45, 7) is 10.6. The molecule has 4 rings (SSSR count). The molecule has 0 bridgehead atoms. The second-order valence-corrected chi connectivity index (χ2v) is 9.88. The summed E-state index contributed by atoms with van der Waals surface area (Å²) in [4.78, 5) is 8.40. The highest BCUT2D eigenvalue weighted by Crippen LogP contribution is 2.46. The van der Waals surface area contributed by atoms with Crippen molar-refractivity contribution in [1.29, 1.82) is 0 Å². The van der Waals surface area contributed by atoms with Gasteiger partial charge in [-0.2, -0.15) is 0 Å². The van der Waals surface area contributed by atoms with E-state index in [1.165, 1.54) is 16.5 Å². The van der Waals surface area contributed by atoms with E-state index in [2.05, 4.69) is 62.9 Å². The van der Waals surface area contributed by atoms with E-state index in [1.54, 1.807) is 0 Å². The minimum Gasteiger partial charge on any atom is -0.359 e. The van der Waals surface area contributed by atoms with Crippen LogP contribution in [0.25, 0.3) is 10.9 Å². The fourth-order valence-corrected chi connectivity index (χ4v) is 6.53. The maximum absolute atomic E-state index is 6.52. The molecular formula is C22H30BrClN4S. The number of hydrogen-bond donors (Lipinski definition) is 2. The lowest BCUT2D eigenvalue weighted by Crippen LogP contribution is -2.57. The molecule has 0 amide bonds. The lowest BCUT2D eigenvalue weighted by molar-refractivity contribution is 0.104. The Morgan fingerprint density at radius 3 is 2.79 bits per heavy atom. The zero-order valence-electron chi connectivity index (χ0n) is 17.4. The van der Waals surface area contributed by atoms with E-state index >= 15 is 0 Å². The van der Waals surface area contributed by atoms with Crippen molar-refractivity contribution in [2.45, 2.75) is 58.0 Å². The molecule has 1 aromatic carbocycles. The molecule has 0 spiro atoms. The number of rotatable bonds is 5. The van der Waals surface area contributed by atoms with Gasteiger partial charge in [-0.25, -0.2) is 0 Å². The molecule has 0 saturated carbocycles. The Hall–Kier alpha value is -0.820. The molecular weight excluding hydrogens is 468 g/mol. The van der Waals surface area contributed by atoms with Gasteiger partial charge in [0, 0.05) is 53.6 Å². The van der Waals surface area contributed by atoms with Crippen LogP contribution in [0.1, 0.15) is 50.7 Å². The van der Waals surface area contributed by atoms with E-state index in [-0.39, 0.29) is 0 Å². The molecule has 1 saturated heterocycles. The van der Waals surface area contributed by atoms with Crippen LogP contribution in [-0.4, -0.2) is 58.2 Å². The van der Waals surface area contributed by atoms with Gasteiger partial charge in [-0.3, -0.25) is 4.90 Å². The molecule has 2 aliphatic rings. The van der Waals surface area contributed by atoms with Crippen molar-refractivity contribution in [2.24, 2.45) is 0 Å². The summed E-state index contributed by atoms with van der Waals surface area (Å²) in [5.41, 5.74) is 3.93. The van der Waals surface area contributed by atoms with Crippen LogP contribution in [0.15, 0.2) is 16.7 Å². The van der Waals surface area contributed by atoms with Crippen LogP contribution in [0.4, 0.5) is 0 Å². The molecule has 2 heterocycles. The van der Waals surface area contributed by atoms with Crippen molar-refractivity contribution in [3.63, 3.8) is 0 Å². The van der Waals surface area contributed by atoms with E-state index < -0.39 is 0 Å². The van der Waals surface area contributed by atoms with Crippen molar-refractivity contribution < 1.29 is 0 Å². The molecule has 2 aromatic rings. The Balaban J connectivity index is 1.69. The number of nitrogens with zero attached hydrogens (tertiary/aromatic N) is 2. The monoisotopic (exact) mass is 496 g/mol. The van der Waals surface area contributed by atoms with Gasteiger partial charge in [0.1, 0.15) is 0 Å². The number of aromatic nitrogens is 1. The Bertz CT molecular complexity index is 910.